The van der Waals surface area contributed by atoms with E-state index in [4.69, 9.17) is 0 Å². The highest BCUT2D eigenvalue weighted by molar-refractivity contribution is 5.92. The van der Waals surface area contributed by atoms with Crippen molar-refractivity contribution in [2.45, 2.75) is 38.8 Å². The molecule has 106 valence electrons. The molecule has 0 spiro atoms. The molecule has 0 bridgehead atoms. The Balaban J connectivity index is 1.91. The topological polar surface area (TPSA) is 58.4 Å². The third kappa shape index (κ3) is 3.28. The molecule has 0 aromatic carbocycles. The van der Waals surface area contributed by atoms with Crippen LogP contribution in [0.5, 0.6) is 0 Å². The molecule has 1 aromatic heterocycles. The Hall–Kier alpha value is -1.50. The second kappa shape index (κ2) is 5.64. The van der Waals surface area contributed by atoms with E-state index < -0.39 is 18.1 Å². The summed E-state index contributed by atoms with van der Waals surface area (Å²) >= 11 is 0. The number of carbonyl (C=O) groups excluding carboxylic acids is 1. The number of aromatic nitrogens is 1. The Morgan fingerprint density at radius 2 is 2.32 bits per heavy atom. The second-order valence-corrected chi connectivity index (χ2v) is 4.96. The summed E-state index contributed by atoms with van der Waals surface area (Å²) in [6, 6.07) is 1.44. The van der Waals surface area contributed by atoms with E-state index in [0.29, 0.717) is 6.04 Å². The molecule has 1 unspecified atom stereocenters. The van der Waals surface area contributed by atoms with Crippen LogP contribution in [0, 0.1) is 0 Å². The summed E-state index contributed by atoms with van der Waals surface area (Å²) in [5, 5.41) is 6.14. The zero-order valence-corrected chi connectivity index (χ0v) is 10.9. The van der Waals surface area contributed by atoms with Crippen LogP contribution in [0.3, 0.4) is 0 Å². The highest BCUT2D eigenvalue weighted by Crippen LogP contribution is 2.19. The normalized spacial score (nSPS) is 20.4. The molecule has 1 atom stereocenters. The highest BCUT2D eigenvalue weighted by Gasteiger charge is 2.27. The van der Waals surface area contributed by atoms with E-state index in [2.05, 4.69) is 33.7 Å². The van der Waals surface area contributed by atoms with Gasteiger partial charge in [-0.15, -0.1) is 0 Å². The van der Waals surface area contributed by atoms with Gasteiger partial charge in [-0.1, -0.05) is 5.16 Å². The number of halogens is 2. The van der Waals surface area contributed by atoms with Crippen molar-refractivity contribution in [2.24, 2.45) is 0 Å². The van der Waals surface area contributed by atoms with Crippen LogP contribution in [-0.2, 0) is 0 Å². The van der Waals surface area contributed by atoms with Crippen LogP contribution in [0.25, 0.3) is 0 Å². The lowest BCUT2D eigenvalue weighted by Crippen LogP contribution is -2.38. The molecule has 19 heavy (non-hydrogen) atoms. The van der Waals surface area contributed by atoms with Gasteiger partial charge in [0.05, 0.1) is 0 Å². The first kappa shape index (κ1) is 13.9. The molecule has 5 nitrogen and oxygen atoms in total. The van der Waals surface area contributed by atoms with Crippen LogP contribution in [-0.4, -0.2) is 41.1 Å². The third-order valence-electron chi connectivity index (χ3n) is 3.26. The van der Waals surface area contributed by atoms with E-state index >= 15 is 0 Å². The largest absolute Gasteiger partial charge is 0.354 e. The maximum absolute atomic E-state index is 12.3. The molecule has 1 amide bonds. The highest BCUT2D eigenvalue weighted by atomic mass is 19.3. The molecule has 0 aliphatic carbocycles. The maximum Gasteiger partial charge on any atom is 0.298 e. The van der Waals surface area contributed by atoms with Crippen molar-refractivity contribution in [1.29, 1.82) is 0 Å². The summed E-state index contributed by atoms with van der Waals surface area (Å²) in [7, 11) is 0. The Kier molecular flexibility index (Phi) is 4.14. The van der Waals surface area contributed by atoms with Gasteiger partial charge in [0.15, 0.2) is 5.69 Å². The average Bonchev–Trinajstić information content (AvgIpc) is 2.96. The Morgan fingerprint density at radius 3 is 2.84 bits per heavy atom. The lowest BCUT2D eigenvalue weighted by Gasteiger charge is -2.20. The molecular weight excluding hydrogens is 256 g/mol. The van der Waals surface area contributed by atoms with E-state index in [1.54, 1.807) is 0 Å². The fourth-order valence-corrected chi connectivity index (χ4v) is 2.13. The van der Waals surface area contributed by atoms with Gasteiger partial charge >= 0.3 is 0 Å². The molecule has 1 aromatic rings. The number of likely N-dealkylation sites (tertiary alicyclic amines) is 1. The van der Waals surface area contributed by atoms with E-state index in [1.165, 1.54) is 0 Å². The summed E-state index contributed by atoms with van der Waals surface area (Å²) in [5.41, 5.74) is -0.0988. The summed E-state index contributed by atoms with van der Waals surface area (Å²) in [6.07, 6.45) is -1.90. The van der Waals surface area contributed by atoms with Gasteiger partial charge in [0.2, 0.25) is 5.76 Å². The summed E-state index contributed by atoms with van der Waals surface area (Å²) in [4.78, 5) is 14.1. The van der Waals surface area contributed by atoms with Crippen LogP contribution in [0.15, 0.2) is 10.6 Å². The minimum Gasteiger partial charge on any atom is -0.354 e. The quantitative estimate of drug-likeness (QED) is 0.909. The number of alkyl halides is 2. The molecule has 2 heterocycles. The van der Waals surface area contributed by atoms with E-state index in [-0.39, 0.29) is 11.7 Å². The predicted octanol–water partition coefficient (Wildman–Crippen LogP) is 1.82. The molecule has 0 saturated carbocycles. The lowest BCUT2D eigenvalue weighted by molar-refractivity contribution is 0.0922. The number of nitrogens with one attached hydrogen (secondary N) is 1. The number of carbonyl (C=O) groups is 1. The van der Waals surface area contributed by atoms with Gasteiger partial charge in [-0.2, -0.15) is 0 Å². The second-order valence-electron chi connectivity index (χ2n) is 4.96. The van der Waals surface area contributed by atoms with Crippen molar-refractivity contribution in [3.8, 4) is 0 Å². The number of amides is 1. The first-order valence-corrected chi connectivity index (χ1v) is 6.27. The maximum atomic E-state index is 12.3. The van der Waals surface area contributed by atoms with Crippen molar-refractivity contribution < 1.29 is 18.1 Å². The van der Waals surface area contributed by atoms with Gasteiger partial charge in [0.25, 0.3) is 12.3 Å². The zero-order valence-electron chi connectivity index (χ0n) is 10.9. The first-order chi connectivity index (χ1) is 8.97. The van der Waals surface area contributed by atoms with Gasteiger partial charge in [-0.05, 0) is 20.3 Å². The Labute approximate surface area is 109 Å². The SMILES string of the molecule is CC(C)N1CCC(NC(=O)c2cc(C(F)F)on2)C1. The van der Waals surface area contributed by atoms with Crippen molar-refractivity contribution in [1.82, 2.24) is 15.4 Å². The van der Waals surface area contributed by atoms with Crippen molar-refractivity contribution in [2.75, 3.05) is 13.1 Å². The molecule has 2 rings (SSSR count). The molecule has 1 aliphatic rings. The number of nitrogens with zero attached hydrogens (tertiary/aromatic N) is 2. The van der Waals surface area contributed by atoms with Gasteiger partial charge in [0, 0.05) is 31.2 Å². The Bertz CT molecular complexity index is 448. The predicted molar refractivity (Wildman–Crippen MR) is 64.0 cm³/mol. The van der Waals surface area contributed by atoms with Crippen LogP contribution in [0.1, 0.15) is 42.9 Å². The van der Waals surface area contributed by atoms with E-state index in [9.17, 15) is 13.6 Å². The molecule has 1 N–H and O–H groups in total. The fraction of sp³-hybridized carbons (Fsp3) is 0.667. The smallest absolute Gasteiger partial charge is 0.298 e. The van der Waals surface area contributed by atoms with Crippen LogP contribution >= 0.6 is 0 Å². The lowest BCUT2D eigenvalue weighted by atomic mass is 10.2. The Morgan fingerprint density at radius 1 is 1.58 bits per heavy atom. The van der Waals surface area contributed by atoms with E-state index in [1.807, 2.05) is 0 Å². The van der Waals surface area contributed by atoms with Gasteiger partial charge < -0.3 is 9.84 Å². The average molecular weight is 273 g/mol. The molecule has 1 aliphatic heterocycles. The molecular formula is C12H17F2N3O2. The molecule has 1 fully saturated rings. The minimum absolute atomic E-state index is 0.0293. The monoisotopic (exact) mass is 273 g/mol. The first-order valence-electron chi connectivity index (χ1n) is 6.27. The van der Waals surface area contributed by atoms with Crippen LogP contribution in [0.2, 0.25) is 0 Å². The summed E-state index contributed by atoms with van der Waals surface area (Å²) in [6.45, 7) is 5.88. The van der Waals surface area contributed by atoms with Crippen molar-refractivity contribution in [3.63, 3.8) is 0 Å². The van der Waals surface area contributed by atoms with E-state index in [0.717, 1.165) is 25.6 Å². The van der Waals surface area contributed by atoms with Crippen LogP contribution in [0.4, 0.5) is 8.78 Å². The van der Waals surface area contributed by atoms with Crippen molar-refractivity contribution >= 4 is 5.91 Å². The van der Waals surface area contributed by atoms with Gasteiger partial charge in [-0.3, -0.25) is 9.69 Å². The third-order valence-corrected chi connectivity index (χ3v) is 3.26. The standard InChI is InChI=1S/C12H17F2N3O2/c1-7(2)17-4-3-8(6-17)15-12(18)9-5-10(11(13)14)19-16-9/h5,7-8,11H,3-4,6H2,1-2H3,(H,15,18). The fourth-order valence-electron chi connectivity index (χ4n) is 2.13. The zero-order chi connectivity index (χ0) is 14.0. The van der Waals surface area contributed by atoms with Crippen molar-refractivity contribution in [3.05, 3.63) is 17.5 Å². The number of rotatable bonds is 4. The van der Waals surface area contributed by atoms with Gasteiger partial charge in [0.1, 0.15) is 0 Å². The minimum atomic E-state index is -2.75. The summed E-state index contributed by atoms with van der Waals surface area (Å²) in [5.74, 6) is -1.05. The molecule has 1 saturated heterocycles. The number of hydrogen-bond acceptors (Lipinski definition) is 4. The van der Waals surface area contributed by atoms with Gasteiger partial charge in [-0.25, -0.2) is 8.78 Å². The molecule has 7 heteroatoms. The summed E-state index contributed by atoms with van der Waals surface area (Å²) < 4.78 is 29.0. The molecule has 0 radical (unpaired) electrons. The number of hydrogen-bond donors (Lipinski definition) is 1. The van der Waals surface area contributed by atoms with Crippen LogP contribution < -0.4 is 5.32 Å².